The highest BCUT2D eigenvalue weighted by atomic mass is 16.2. The third-order valence-corrected chi connectivity index (χ3v) is 3.81. The second-order valence-corrected chi connectivity index (χ2v) is 5.41. The van der Waals surface area contributed by atoms with Crippen molar-refractivity contribution in [1.82, 2.24) is 10.2 Å². The quantitative estimate of drug-likeness (QED) is 0.849. The van der Waals surface area contributed by atoms with Crippen LogP contribution in [-0.4, -0.2) is 23.9 Å². The predicted molar refractivity (Wildman–Crippen MR) is 90.4 cm³/mol. The van der Waals surface area contributed by atoms with Crippen molar-refractivity contribution in [3.63, 3.8) is 0 Å². The number of hydrogen-bond acceptors (Lipinski definition) is 2. The first-order valence-electron chi connectivity index (χ1n) is 7.80. The Morgan fingerprint density at radius 2 is 1.64 bits per heavy atom. The van der Waals surface area contributed by atoms with Crippen LogP contribution in [0.25, 0.3) is 0 Å². The Bertz CT molecular complexity index is 569. The Kier molecular flexibility index (Phi) is 6.16. The number of rotatable bonds is 7. The number of hydrogen-bond donors (Lipinski definition) is 1. The molecule has 0 bridgehead atoms. The Hall–Kier alpha value is -2.13. The molecule has 0 aliphatic rings. The minimum atomic E-state index is 0.133. The lowest BCUT2D eigenvalue weighted by Gasteiger charge is -2.22. The van der Waals surface area contributed by atoms with Gasteiger partial charge in [-0.25, -0.2) is 0 Å². The van der Waals surface area contributed by atoms with Crippen LogP contribution < -0.4 is 5.32 Å². The molecule has 0 radical (unpaired) electrons. The summed E-state index contributed by atoms with van der Waals surface area (Å²) in [6.07, 6.45) is 0. The van der Waals surface area contributed by atoms with E-state index in [1.807, 2.05) is 48.2 Å². The first-order valence-corrected chi connectivity index (χ1v) is 7.80. The largest absolute Gasteiger partial charge is 0.338 e. The maximum atomic E-state index is 12.4. The van der Waals surface area contributed by atoms with Crippen molar-refractivity contribution < 1.29 is 4.79 Å². The van der Waals surface area contributed by atoms with E-state index in [0.717, 1.165) is 12.1 Å². The van der Waals surface area contributed by atoms with Crippen LogP contribution >= 0.6 is 0 Å². The Morgan fingerprint density at radius 1 is 1.05 bits per heavy atom. The molecule has 1 unspecified atom stereocenters. The second-order valence-electron chi connectivity index (χ2n) is 5.41. The fourth-order valence-corrected chi connectivity index (χ4v) is 2.39. The molecule has 0 saturated carbocycles. The lowest BCUT2D eigenvalue weighted by molar-refractivity contribution is -0.130. The van der Waals surface area contributed by atoms with Crippen LogP contribution in [0.4, 0.5) is 0 Å². The van der Waals surface area contributed by atoms with E-state index in [4.69, 9.17) is 0 Å². The average molecular weight is 296 g/mol. The molecule has 2 aromatic rings. The van der Waals surface area contributed by atoms with Crippen LogP contribution in [-0.2, 0) is 11.3 Å². The summed E-state index contributed by atoms with van der Waals surface area (Å²) in [6, 6.07) is 20.4. The summed E-state index contributed by atoms with van der Waals surface area (Å²) in [4.78, 5) is 14.3. The van der Waals surface area contributed by atoms with Crippen molar-refractivity contribution in [2.45, 2.75) is 26.4 Å². The molecule has 3 heteroatoms. The molecule has 0 fully saturated rings. The van der Waals surface area contributed by atoms with E-state index in [9.17, 15) is 4.79 Å². The van der Waals surface area contributed by atoms with Gasteiger partial charge in [-0.05, 0) is 25.0 Å². The van der Waals surface area contributed by atoms with Gasteiger partial charge < -0.3 is 10.2 Å². The molecule has 0 spiro atoms. The van der Waals surface area contributed by atoms with Gasteiger partial charge >= 0.3 is 0 Å². The van der Waals surface area contributed by atoms with Crippen LogP contribution in [0.2, 0.25) is 0 Å². The Labute approximate surface area is 133 Å². The van der Waals surface area contributed by atoms with Gasteiger partial charge in [0.15, 0.2) is 0 Å². The average Bonchev–Trinajstić information content (AvgIpc) is 2.59. The minimum absolute atomic E-state index is 0.133. The normalized spacial score (nSPS) is 11.9. The third-order valence-electron chi connectivity index (χ3n) is 3.81. The lowest BCUT2D eigenvalue weighted by atomic mass is 10.1. The van der Waals surface area contributed by atoms with Crippen molar-refractivity contribution in [2.75, 3.05) is 13.1 Å². The topological polar surface area (TPSA) is 32.3 Å². The molecule has 2 aromatic carbocycles. The Balaban J connectivity index is 1.87. The maximum absolute atomic E-state index is 12.4. The van der Waals surface area contributed by atoms with Gasteiger partial charge in [0.1, 0.15) is 0 Å². The molecular formula is C19H24N2O. The molecule has 0 heterocycles. The highest BCUT2D eigenvalue weighted by Crippen LogP contribution is 2.11. The van der Waals surface area contributed by atoms with Gasteiger partial charge in [-0.1, -0.05) is 60.7 Å². The highest BCUT2D eigenvalue weighted by Gasteiger charge is 2.13. The van der Waals surface area contributed by atoms with Crippen LogP contribution in [0.15, 0.2) is 60.7 Å². The summed E-state index contributed by atoms with van der Waals surface area (Å²) in [5.41, 5.74) is 2.36. The van der Waals surface area contributed by atoms with Gasteiger partial charge in [-0.3, -0.25) is 4.79 Å². The Morgan fingerprint density at radius 3 is 2.23 bits per heavy atom. The zero-order valence-corrected chi connectivity index (χ0v) is 13.3. The number of amides is 1. The summed E-state index contributed by atoms with van der Waals surface area (Å²) < 4.78 is 0. The van der Waals surface area contributed by atoms with E-state index in [2.05, 4.69) is 36.5 Å². The van der Waals surface area contributed by atoms with E-state index >= 15 is 0 Å². The summed E-state index contributed by atoms with van der Waals surface area (Å²) in [5, 5.41) is 3.31. The monoisotopic (exact) mass is 296 g/mol. The van der Waals surface area contributed by atoms with Crippen molar-refractivity contribution in [2.24, 2.45) is 0 Å². The molecule has 0 aliphatic heterocycles. The zero-order valence-electron chi connectivity index (χ0n) is 13.3. The molecule has 1 N–H and O–H groups in total. The van der Waals surface area contributed by atoms with E-state index in [0.29, 0.717) is 13.1 Å². The lowest BCUT2D eigenvalue weighted by Crippen LogP contribution is -2.38. The summed E-state index contributed by atoms with van der Waals surface area (Å²) in [6.45, 7) is 5.83. The molecule has 0 aliphatic carbocycles. The van der Waals surface area contributed by atoms with Crippen molar-refractivity contribution in [3.8, 4) is 0 Å². The molecule has 1 atom stereocenters. The highest BCUT2D eigenvalue weighted by molar-refractivity contribution is 5.78. The molecule has 3 nitrogen and oxygen atoms in total. The first kappa shape index (κ1) is 16.2. The number of carbonyl (C=O) groups excluding carboxylic acids is 1. The van der Waals surface area contributed by atoms with Crippen LogP contribution in [0.5, 0.6) is 0 Å². The first-order chi connectivity index (χ1) is 10.7. The number of benzene rings is 2. The zero-order chi connectivity index (χ0) is 15.8. The van der Waals surface area contributed by atoms with Gasteiger partial charge in [0.2, 0.25) is 5.91 Å². The minimum Gasteiger partial charge on any atom is -0.338 e. The predicted octanol–water partition coefficient (Wildman–Crippen LogP) is 3.39. The van der Waals surface area contributed by atoms with Gasteiger partial charge in [-0.15, -0.1) is 0 Å². The van der Waals surface area contributed by atoms with E-state index < -0.39 is 0 Å². The second kappa shape index (κ2) is 8.35. The van der Waals surface area contributed by atoms with E-state index in [-0.39, 0.29) is 11.9 Å². The SMILES string of the molecule is CCN(Cc1ccccc1)C(=O)CNC(C)c1ccccc1. The molecule has 1 amide bonds. The van der Waals surface area contributed by atoms with Gasteiger partial charge in [-0.2, -0.15) is 0 Å². The summed E-state index contributed by atoms with van der Waals surface area (Å²) in [5.74, 6) is 0.133. The number of nitrogens with one attached hydrogen (secondary N) is 1. The third kappa shape index (κ3) is 4.71. The van der Waals surface area contributed by atoms with E-state index in [1.54, 1.807) is 0 Å². The molecule has 2 rings (SSSR count). The number of nitrogens with zero attached hydrogens (tertiary/aromatic N) is 1. The maximum Gasteiger partial charge on any atom is 0.236 e. The summed E-state index contributed by atoms with van der Waals surface area (Å²) in [7, 11) is 0. The van der Waals surface area contributed by atoms with Gasteiger partial charge in [0, 0.05) is 19.1 Å². The van der Waals surface area contributed by atoms with Crippen molar-refractivity contribution in [1.29, 1.82) is 0 Å². The smallest absolute Gasteiger partial charge is 0.236 e. The van der Waals surface area contributed by atoms with Crippen LogP contribution in [0.3, 0.4) is 0 Å². The standard InChI is InChI=1S/C19H24N2O/c1-3-21(15-17-10-6-4-7-11-17)19(22)14-20-16(2)18-12-8-5-9-13-18/h4-13,16,20H,3,14-15H2,1-2H3. The van der Waals surface area contributed by atoms with Crippen molar-refractivity contribution in [3.05, 3.63) is 71.8 Å². The fourth-order valence-electron chi connectivity index (χ4n) is 2.39. The molecule has 116 valence electrons. The molecule has 0 saturated heterocycles. The molecule has 0 aromatic heterocycles. The summed E-state index contributed by atoms with van der Waals surface area (Å²) >= 11 is 0. The van der Waals surface area contributed by atoms with Crippen LogP contribution in [0.1, 0.15) is 31.0 Å². The number of likely N-dealkylation sites (N-methyl/N-ethyl adjacent to an activating group) is 1. The molecule has 22 heavy (non-hydrogen) atoms. The van der Waals surface area contributed by atoms with Gasteiger partial charge in [0.05, 0.1) is 6.54 Å². The van der Waals surface area contributed by atoms with E-state index in [1.165, 1.54) is 5.56 Å². The fraction of sp³-hybridized carbons (Fsp3) is 0.316. The number of carbonyl (C=O) groups is 1. The molecular weight excluding hydrogens is 272 g/mol. The van der Waals surface area contributed by atoms with Gasteiger partial charge in [0.25, 0.3) is 0 Å². The van der Waals surface area contributed by atoms with Crippen LogP contribution in [0, 0.1) is 0 Å². The van der Waals surface area contributed by atoms with Crippen molar-refractivity contribution >= 4 is 5.91 Å².